The molecule has 0 amide bonds. The fourth-order valence-corrected chi connectivity index (χ4v) is 1.48. The SMILES string of the molecule is C=C(C)CC(=O)Cc1cccc(C(F)(F)F)c1. The minimum Gasteiger partial charge on any atom is -0.299 e. The van der Waals surface area contributed by atoms with Crippen molar-refractivity contribution in [1.82, 2.24) is 0 Å². The largest absolute Gasteiger partial charge is 0.416 e. The first kappa shape index (κ1) is 13.5. The van der Waals surface area contributed by atoms with Crippen LogP contribution in [0.1, 0.15) is 24.5 Å². The maximum absolute atomic E-state index is 12.4. The van der Waals surface area contributed by atoms with Crippen LogP contribution in [-0.4, -0.2) is 5.78 Å². The number of hydrogen-bond acceptors (Lipinski definition) is 1. The number of benzene rings is 1. The van der Waals surface area contributed by atoms with E-state index in [9.17, 15) is 18.0 Å². The molecule has 0 unspecified atom stereocenters. The van der Waals surface area contributed by atoms with E-state index in [-0.39, 0.29) is 18.6 Å². The molecule has 1 aromatic rings. The fourth-order valence-electron chi connectivity index (χ4n) is 1.48. The van der Waals surface area contributed by atoms with Crippen molar-refractivity contribution in [1.29, 1.82) is 0 Å². The maximum atomic E-state index is 12.4. The highest BCUT2D eigenvalue weighted by molar-refractivity contribution is 5.82. The van der Waals surface area contributed by atoms with Gasteiger partial charge in [0.2, 0.25) is 0 Å². The van der Waals surface area contributed by atoms with E-state index < -0.39 is 11.7 Å². The molecule has 92 valence electrons. The number of rotatable bonds is 4. The number of carbonyl (C=O) groups excluding carboxylic acids is 1. The third-order valence-corrected chi connectivity index (χ3v) is 2.15. The first-order valence-corrected chi connectivity index (χ1v) is 5.11. The maximum Gasteiger partial charge on any atom is 0.416 e. The average molecular weight is 242 g/mol. The summed E-state index contributed by atoms with van der Waals surface area (Å²) in [4.78, 5) is 11.4. The molecule has 0 heterocycles. The van der Waals surface area contributed by atoms with Crippen molar-refractivity contribution >= 4 is 5.78 Å². The van der Waals surface area contributed by atoms with Crippen LogP contribution in [0.15, 0.2) is 36.4 Å². The Hall–Kier alpha value is -1.58. The van der Waals surface area contributed by atoms with Crippen molar-refractivity contribution in [2.45, 2.75) is 25.9 Å². The van der Waals surface area contributed by atoms with Gasteiger partial charge in [-0.05, 0) is 18.6 Å². The fraction of sp³-hybridized carbons (Fsp3) is 0.308. The number of ketones is 1. The van der Waals surface area contributed by atoms with Crippen molar-refractivity contribution in [3.63, 3.8) is 0 Å². The number of allylic oxidation sites excluding steroid dienone is 1. The molecule has 0 aliphatic rings. The molecule has 0 aromatic heterocycles. The van der Waals surface area contributed by atoms with Crippen LogP contribution in [0.4, 0.5) is 13.2 Å². The first-order valence-electron chi connectivity index (χ1n) is 5.11. The van der Waals surface area contributed by atoms with Crippen LogP contribution < -0.4 is 0 Å². The lowest BCUT2D eigenvalue weighted by atomic mass is 10.0. The van der Waals surface area contributed by atoms with Crippen LogP contribution in [0.5, 0.6) is 0 Å². The number of Topliss-reactive ketones (excluding diaryl/α,β-unsaturated/α-hetero) is 1. The second-order valence-electron chi connectivity index (χ2n) is 4.05. The minimum atomic E-state index is -4.37. The van der Waals surface area contributed by atoms with Gasteiger partial charge in [0.1, 0.15) is 5.78 Å². The number of carbonyl (C=O) groups is 1. The van der Waals surface area contributed by atoms with Gasteiger partial charge in [-0.15, -0.1) is 0 Å². The van der Waals surface area contributed by atoms with Gasteiger partial charge in [0, 0.05) is 12.8 Å². The van der Waals surface area contributed by atoms with Crippen molar-refractivity contribution in [2.75, 3.05) is 0 Å². The predicted molar refractivity (Wildman–Crippen MR) is 59.6 cm³/mol. The smallest absolute Gasteiger partial charge is 0.299 e. The molecule has 0 fully saturated rings. The Bertz CT molecular complexity index is 433. The van der Waals surface area contributed by atoms with Crippen molar-refractivity contribution < 1.29 is 18.0 Å². The molecular formula is C13H13F3O. The molecule has 0 aliphatic carbocycles. The van der Waals surface area contributed by atoms with Crippen LogP contribution in [0, 0.1) is 0 Å². The molecule has 0 saturated heterocycles. The van der Waals surface area contributed by atoms with Crippen LogP contribution >= 0.6 is 0 Å². The lowest BCUT2D eigenvalue weighted by molar-refractivity contribution is -0.137. The summed E-state index contributed by atoms with van der Waals surface area (Å²) in [6, 6.07) is 4.83. The Morgan fingerprint density at radius 3 is 2.53 bits per heavy atom. The summed E-state index contributed by atoms with van der Waals surface area (Å²) in [6.07, 6.45) is -4.15. The lowest BCUT2D eigenvalue weighted by Gasteiger charge is -2.08. The summed E-state index contributed by atoms with van der Waals surface area (Å²) in [6.45, 7) is 5.31. The summed E-state index contributed by atoms with van der Waals surface area (Å²) in [7, 11) is 0. The van der Waals surface area contributed by atoms with Crippen LogP contribution in [0.25, 0.3) is 0 Å². The van der Waals surface area contributed by atoms with E-state index >= 15 is 0 Å². The van der Waals surface area contributed by atoms with Gasteiger partial charge >= 0.3 is 6.18 Å². The topological polar surface area (TPSA) is 17.1 Å². The summed E-state index contributed by atoms with van der Waals surface area (Å²) >= 11 is 0. The van der Waals surface area contributed by atoms with Crippen LogP contribution in [0.3, 0.4) is 0 Å². The lowest BCUT2D eigenvalue weighted by Crippen LogP contribution is -2.07. The van der Waals surface area contributed by atoms with Gasteiger partial charge in [0.25, 0.3) is 0 Å². The molecule has 0 radical (unpaired) electrons. The third kappa shape index (κ3) is 4.43. The zero-order valence-electron chi connectivity index (χ0n) is 9.47. The van der Waals surface area contributed by atoms with E-state index in [1.807, 2.05) is 0 Å². The van der Waals surface area contributed by atoms with E-state index in [1.54, 1.807) is 6.92 Å². The van der Waals surface area contributed by atoms with Crippen LogP contribution in [0.2, 0.25) is 0 Å². The summed E-state index contributed by atoms with van der Waals surface area (Å²) in [5, 5.41) is 0. The third-order valence-electron chi connectivity index (χ3n) is 2.15. The number of halogens is 3. The molecule has 0 N–H and O–H groups in total. The second kappa shape index (κ2) is 5.17. The number of alkyl halides is 3. The normalized spacial score (nSPS) is 11.3. The molecule has 0 bridgehead atoms. The van der Waals surface area contributed by atoms with Gasteiger partial charge in [-0.1, -0.05) is 30.4 Å². The van der Waals surface area contributed by atoms with Crippen LogP contribution in [-0.2, 0) is 17.4 Å². The Morgan fingerprint density at radius 2 is 2.00 bits per heavy atom. The molecule has 17 heavy (non-hydrogen) atoms. The highest BCUT2D eigenvalue weighted by atomic mass is 19.4. The zero-order chi connectivity index (χ0) is 13.1. The van der Waals surface area contributed by atoms with Gasteiger partial charge in [0.05, 0.1) is 5.56 Å². The van der Waals surface area contributed by atoms with E-state index in [1.165, 1.54) is 12.1 Å². The predicted octanol–water partition coefficient (Wildman–Crippen LogP) is 3.78. The average Bonchev–Trinajstić information content (AvgIpc) is 2.15. The summed E-state index contributed by atoms with van der Waals surface area (Å²) in [5.41, 5.74) is 0.367. The highest BCUT2D eigenvalue weighted by Crippen LogP contribution is 2.29. The minimum absolute atomic E-state index is 0.0107. The number of hydrogen-bond donors (Lipinski definition) is 0. The van der Waals surface area contributed by atoms with Gasteiger partial charge < -0.3 is 0 Å². The standard InChI is InChI=1S/C13H13F3O/c1-9(2)6-12(17)8-10-4-3-5-11(7-10)13(14,15)16/h3-5,7H,1,6,8H2,2H3. The molecule has 1 aromatic carbocycles. The van der Waals surface area contributed by atoms with Gasteiger partial charge in [-0.25, -0.2) is 0 Å². The molecule has 1 rings (SSSR count). The zero-order valence-corrected chi connectivity index (χ0v) is 9.47. The van der Waals surface area contributed by atoms with Crippen molar-refractivity contribution in [2.24, 2.45) is 0 Å². The van der Waals surface area contributed by atoms with E-state index in [0.717, 1.165) is 12.1 Å². The Balaban J connectivity index is 2.79. The van der Waals surface area contributed by atoms with E-state index in [4.69, 9.17) is 0 Å². The quantitative estimate of drug-likeness (QED) is 0.734. The molecule has 0 saturated carbocycles. The van der Waals surface area contributed by atoms with Crippen molar-refractivity contribution in [3.8, 4) is 0 Å². The molecule has 4 heteroatoms. The van der Waals surface area contributed by atoms with Crippen molar-refractivity contribution in [3.05, 3.63) is 47.5 Å². The molecule has 0 aliphatic heterocycles. The summed E-state index contributed by atoms with van der Waals surface area (Å²) < 4.78 is 37.2. The molecule has 1 nitrogen and oxygen atoms in total. The Morgan fingerprint density at radius 1 is 1.35 bits per heavy atom. The van der Waals surface area contributed by atoms with E-state index in [2.05, 4.69) is 6.58 Å². The van der Waals surface area contributed by atoms with Gasteiger partial charge in [-0.2, -0.15) is 13.2 Å². The summed E-state index contributed by atoms with van der Waals surface area (Å²) in [5.74, 6) is -0.128. The second-order valence-corrected chi connectivity index (χ2v) is 4.05. The Kier molecular flexibility index (Phi) is 4.10. The highest BCUT2D eigenvalue weighted by Gasteiger charge is 2.30. The monoisotopic (exact) mass is 242 g/mol. The molecule has 0 atom stereocenters. The van der Waals surface area contributed by atoms with Gasteiger partial charge in [0.15, 0.2) is 0 Å². The molecule has 0 spiro atoms. The first-order chi connectivity index (χ1) is 7.79. The molecular weight excluding hydrogens is 229 g/mol. The Labute approximate surface area is 98.0 Å². The van der Waals surface area contributed by atoms with E-state index in [0.29, 0.717) is 11.1 Å². The van der Waals surface area contributed by atoms with Gasteiger partial charge in [-0.3, -0.25) is 4.79 Å².